The van der Waals surface area contributed by atoms with Gasteiger partial charge in [-0.3, -0.25) is 24.6 Å². The van der Waals surface area contributed by atoms with E-state index >= 15 is 0 Å². The highest BCUT2D eigenvalue weighted by atomic mass is 19.1. The van der Waals surface area contributed by atoms with Crippen LogP contribution >= 0.6 is 0 Å². The molecule has 1 fully saturated rings. The van der Waals surface area contributed by atoms with E-state index in [1.165, 1.54) is 11.8 Å². The largest absolute Gasteiger partial charge is 0.294 e. The van der Waals surface area contributed by atoms with Gasteiger partial charge in [-0.15, -0.1) is 0 Å². The molecule has 1 aliphatic heterocycles. The molecule has 0 saturated carbocycles. The molecule has 0 aromatic heterocycles. The second-order valence-corrected chi connectivity index (χ2v) is 4.51. The number of Topliss-reactive ketones (excluding diaryl/α,β-unsaturated/α-hetero) is 1. The highest BCUT2D eigenvalue weighted by molar-refractivity contribution is 6.03. The summed E-state index contributed by atoms with van der Waals surface area (Å²) in [6.45, 7) is 0.930. The third-order valence-electron chi connectivity index (χ3n) is 3.12. The summed E-state index contributed by atoms with van der Waals surface area (Å²) in [4.78, 5) is 35.9. The number of halogens is 2. The normalized spacial score (nSPS) is 19.9. The van der Waals surface area contributed by atoms with Gasteiger partial charge in [0.2, 0.25) is 11.8 Å². The van der Waals surface area contributed by atoms with Crippen LogP contribution in [0.1, 0.15) is 17.3 Å². The number of nitrogens with zero attached hydrogens (tertiary/aromatic N) is 1. The van der Waals surface area contributed by atoms with Gasteiger partial charge in [0.05, 0.1) is 24.7 Å². The third kappa shape index (κ3) is 2.72. The molecule has 5 nitrogen and oxygen atoms in total. The Bertz CT molecular complexity index is 569. The van der Waals surface area contributed by atoms with Gasteiger partial charge in [-0.05, 0) is 19.1 Å². The van der Waals surface area contributed by atoms with Crippen LogP contribution < -0.4 is 5.32 Å². The van der Waals surface area contributed by atoms with Crippen LogP contribution in [0.5, 0.6) is 0 Å². The number of carbonyl (C=O) groups is 3. The fraction of sp³-hybridized carbons (Fsp3) is 0.308. The van der Waals surface area contributed by atoms with Crippen LogP contribution in [0, 0.1) is 11.6 Å². The topological polar surface area (TPSA) is 66.5 Å². The standard InChI is InChI=1S/C13H12F2N2O3/c1-7-13(20)16-11(19)6-17(7)5-10(18)12-8(14)3-2-4-9(12)15/h2-4,7H,5-6H2,1H3,(H,16,19,20). The summed E-state index contributed by atoms with van der Waals surface area (Å²) < 4.78 is 27.0. The zero-order chi connectivity index (χ0) is 14.9. The lowest BCUT2D eigenvalue weighted by atomic mass is 10.1. The first-order valence-electron chi connectivity index (χ1n) is 5.95. The summed E-state index contributed by atoms with van der Waals surface area (Å²) in [6, 6.07) is 2.40. The third-order valence-corrected chi connectivity index (χ3v) is 3.12. The monoisotopic (exact) mass is 282 g/mol. The van der Waals surface area contributed by atoms with Gasteiger partial charge in [-0.25, -0.2) is 8.78 Å². The van der Waals surface area contributed by atoms with E-state index in [1.807, 2.05) is 0 Å². The molecule has 1 aromatic carbocycles. The second-order valence-electron chi connectivity index (χ2n) is 4.51. The number of hydrogen-bond acceptors (Lipinski definition) is 4. The van der Waals surface area contributed by atoms with Crippen molar-refractivity contribution in [2.75, 3.05) is 13.1 Å². The average molecular weight is 282 g/mol. The first-order chi connectivity index (χ1) is 9.40. The van der Waals surface area contributed by atoms with Crippen molar-refractivity contribution in [1.29, 1.82) is 0 Å². The molecule has 0 radical (unpaired) electrons. The number of ketones is 1. The zero-order valence-corrected chi connectivity index (χ0v) is 10.7. The molecule has 1 atom stereocenters. The summed E-state index contributed by atoms with van der Waals surface area (Å²) in [5.41, 5.74) is -0.655. The van der Waals surface area contributed by atoms with Crippen molar-refractivity contribution >= 4 is 17.6 Å². The van der Waals surface area contributed by atoms with Crippen molar-refractivity contribution in [1.82, 2.24) is 10.2 Å². The second kappa shape index (κ2) is 5.46. The predicted molar refractivity (Wildman–Crippen MR) is 64.9 cm³/mol. The number of carbonyl (C=O) groups excluding carboxylic acids is 3. The zero-order valence-electron chi connectivity index (χ0n) is 10.7. The molecular weight excluding hydrogens is 270 g/mol. The van der Waals surface area contributed by atoms with E-state index in [-0.39, 0.29) is 6.54 Å². The van der Waals surface area contributed by atoms with Crippen molar-refractivity contribution in [3.05, 3.63) is 35.4 Å². The van der Waals surface area contributed by atoms with Crippen LogP contribution in [-0.4, -0.2) is 41.6 Å². The molecule has 2 rings (SSSR count). The Morgan fingerprint density at radius 3 is 2.55 bits per heavy atom. The number of amides is 2. The Kier molecular flexibility index (Phi) is 3.89. The number of benzene rings is 1. The van der Waals surface area contributed by atoms with Gasteiger partial charge < -0.3 is 0 Å². The van der Waals surface area contributed by atoms with E-state index in [0.717, 1.165) is 18.2 Å². The van der Waals surface area contributed by atoms with Crippen molar-refractivity contribution in [3.63, 3.8) is 0 Å². The van der Waals surface area contributed by atoms with Crippen molar-refractivity contribution in [2.45, 2.75) is 13.0 Å². The highest BCUT2D eigenvalue weighted by Gasteiger charge is 2.32. The maximum absolute atomic E-state index is 13.5. The predicted octanol–water partition coefficient (Wildman–Crippen LogP) is 0.494. The molecule has 106 valence electrons. The molecule has 1 N–H and O–H groups in total. The molecule has 1 unspecified atom stereocenters. The van der Waals surface area contributed by atoms with Gasteiger partial charge in [-0.2, -0.15) is 0 Å². The van der Waals surface area contributed by atoms with Crippen LogP contribution in [0.25, 0.3) is 0 Å². The number of hydrogen-bond donors (Lipinski definition) is 1. The molecule has 2 amide bonds. The summed E-state index contributed by atoms with van der Waals surface area (Å²) in [7, 11) is 0. The van der Waals surface area contributed by atoms with Crippen LogP contribution in [-0.2, 0) is 9.59 Å². The smallest absolute Gasteiger partial charge is 0.243 e. The number of imide groups is 1. The van der Waals surface area contributed by atoms with E-state index < -0.39 is 47.4 Å². The first kappa shape index (κ1) is 14.3. The molecule has 0 aliphatic carbocycles. The summed E-state index contributed by atoms with van der Waals surface area (Å²) in [6.07, 6.45) is 0. The summed E-state index contributed by atoms with van der Waals surface area (Å²) >= 11 is 0. The Morgan fingerprint density at radius 2 is 1.95 bits per heavy atom. The molecular formula is C13H12F2N2O3. The van der Waals surface area contributed by atoms with Gasteiger partial charge in [-0.1, -0.05) is 6.07 Å². The van der Waals surface area contributed by atoms with Gasteiger partial charge in [0.25, 0.3) is 0 Å². The molecule has 1 aromatic rings. The van der Waals surface area contributed by atoms with Crippen molar-refractivity contribution < 1.29 is 23.2 Å². The Hall–Kier alpha value is -2.15. The summed E-state index contributed by atoms with van der Waals surface area (Å²) in [5.74, 6) is -3.82. The first-order valence-corrected chi connectivity index (χ1v) is 5.95. The van der Waals surface area contributed by atoms with Gasteiger partial charge in [0.15, 0.2) is 5.78 Å². The van der Waals surface area contributed by atoms with E-state index in [4.69, 9.17) is 0 Å². The SMILES string of the molecule is CC1C(=O)NC(=O)CN1CC(=O)c1c(F)cccc1F. The van der Waals surface area contributed by atoms with E-state index in [2.05, 4.69) is 5.32 Å². The fourth-order valence-corrected chi connectivity index (χ4v) is 1.99. The Balaban J connectivity index is 2.19. The lowest BCUT2D eigenvalue weighted by Crippen LogP contribution is -2.57. The van der Waals surface area contributed by atoms with Gasteiger partial charge >= 0.3 is 0 Å². The minimum absolute atomic E-state index is 0.172. The fourth-order valence-electron chi connectivity index (χ4n) is 1.99. The molecule has 0 bridgehead atoms. The Labute approximate surface area is 113 Å². The van der Waals surface area contributed by atoms with Gasteiger partial charge in [0, 0.05) is 0 Å². The number of rotatable bonds is 3. The van der Waals surface area contributed by atoms with E-state index in [1.54, 1.807) is 0 Å². The lowest BCUT2D eigenvalue weighted by molar-refractivity contribution is -0.139. The average Bonchev–Trinajstić information content (AvgIpc) is 2.35. The number of nitrogens with one attached hydrogen (secondary N) is 1. The van der Waals surface area contributed by atoms with E-state index in [9.17, 15) is 23.2 Å². The molecule has 7 heteroatoms. The highest BCUT2D eigenvalue weighted by Crippen LogP contribution is 2.14. The number of piperazine rings is 1. The quantitative estimate of drug-likeness (QED) is 0.647. The van der Waals surface area contributed by atoms with Crippen LogP contribution in [0.15, 0.2) is 18.2 Å². The van der Waals surface area contributed by atoms with Crippen molar-refractivity contribution in [3.8, 4) is 0 Å². The molecule has 0 spiro atoms. The summed E-state index contributed by atoms with van der Waals surface area (Å²) in [5, 5.41) is 2.12. The van der Waals surface area contributed by atoms with Crippen LogP contribution in [0.4, 0.5) is 8.78 Å². The maximum atomic E-state index is 13.5. The van der Waals surface area contributed by atoms with E-state index in [0.29, 0.717) is 0 Å². The van der Waals surface area contributed by atoms with Crippen LogP contribution in [0.2, 0.25) is 0 Å². The minimum Gasteiger partial charge on any atom is -0.294 e. The Morgan fingerprint density at radius 1 is 1.35 bits per heavy atom. The minimum atomic E-state index is -0.963. The van der Waals surface area contributed by atoms with Crippen LogP contribution in [0.3, 0.4) is 0 Å². The molecule has 1 saturated heterocycles. The van der Waals surface area contributed by atoms with Crippen molar-refractivity contribution in [2.24, 2.45) is 0 Å². The lowest BCUT2D eigenvalue weighted by Gasteiger charge is -2.30. The molecule has 1 heterocycles. The maximum Gasteiger partial charge on any atom is 0.243 e. The molecule has 20 heavy (non-hydrogen) atoms. The molecule has 1 aliphatic rings. The van der Waals surface area contributed by atoms with Gasteiger partial charge in [0.1, 0.15) is 11.6 Å².